The molecule has 4 aromatic carbocycles. The molecule has 0 bridgehead atoms. The molecule has 256 valence electrons. The van der Waals surface area contributed by atoms with Gasteiger partial charge in [-0.25, -0.2) is 0 Å². The van der Waals surface area contributed by atoms with Crippen LogP contribution in [0.15, 0.2) is 103 Å². The molecule has 8 nitrogen and oxygen atoms in total. The average Bonchev–Trinajstić information content (AvgIpc) is 3.58. The highest BCUT2D eigenvalue weighted by atomic mass is 16.7. The van der Waals surface area contributed by atoms with Crippen molar-refractivity contribution in [2.75, 3.05) is 13.1 Å². The zero-order chi connectivity index (χ0) is 34.4. The number of amides is 1. The molecule has 0 aromatic heterocycles. The second-order valence-electron chi connectivity index (χ2n) is 13.9. The lowest BCUT2D eigenvalue weighted by atomic mass is 9.98. The van der Waals surface area contributed by atoms with Gasteiger partial charge in [0.15, 0.2) is 6.29 Å². The first-order valence-corrected chi connectivity index (χ1v) is 17.2. The Kier molecular flexibility index (Phi) is 10.9. The second-order valence-corrected chi connectivity index (χ2v) is 13.9. The van der Waals surface area contributed by atoms with Gasteiger partial charge in [0, 0.05) is 30.6 Å². The molecule has 0 spiro atoms. The fraction of sp³-hybridized carbons (Fsp3) is 0.366. The molecule has 2 aliphatic heterocycles. The van der Waals surface area contributed by atoms with E-state index in [4.69, 9.17) is 14.2 Å². The van der Waals surface area contributed by atoms with Crippen molar-refractivity contribution >= 4 is 11.9 Å². The van der Waals surface area contributed by atoms with Crippen LogP contribution in [0.5, 0.6) is 0 Å². The minimum Gasteiger partial charge on any atom is -0.459 e. The van der Waals surface area contributed by atoms with Crippen LogP contribution in [0.25, 0.3) is 11.1 Å². The molecule has 0 radical (unpaired) electrons. The summed E-state index contributed by atoms with van der Waals surface area (Å²) in [5, 5.41) is 12.6. The SMILES string of the molecule is CC(C)(C)OC(=O)[C@@H]1CCCN1C[C@@H]1C[C@H](c2ccc(CO)cc2)O[C@H](c2ccc(-c3cccc(CNC(=O)c4ccccc4)c3)cc2)O1. The van der Waals surface area contributed by atoms with Crippen LogP contribution in [0.3, 0.4) is 0 Å². The Hall–Kier alpha value is -4.34. The first-order valence-electron chi connectivity index (χ1n) is 17.2. The number of nitrogens with zero attached hydrogens (tertiary/aromatic N) is 1. The van der Waals surface area contributed by atoms with Crippen molar-refractivity contribution in [3.05, 3.63) is 131 Å². The fourth-order valence-electron chi connectivity index (χ4n) is 6.54. The lowest BCUT2D eigenvalue weighted by molar-refractivity contribution is -0.253. The second kappa shape index (κ2) is 15.5. The number of rotatable bonds is 10. The maximum absolute atomic E-state index is 13.1. The highest BCUT2D eigenvalue weighted by molar-refractivity contribution is 5.94. The number of nitrogens with one attached hydrogen (secondary N) is 1. The van der Waals surface area contributed by atoms with Crippen molar-refractivity contribution in [3.8, 4) is 11.1 Å². The van der Waals surface area contributed by atoms with Gasteiger partial charge in [0.25, 0.3) is 5.91 Å². The number of benzene rings is 4. The van der Waals surface area contributed by atoms with Gasteiger partial charge in [-0.05, 0) is 86.2 Å². The monoisotopic (exact) mass is 662 g/mol. The number of carbonyl (C=O) groups excluding carboxylic acids is 2. The van der Waals surface area contributed by atoms with Crippen molar-refractivity contribution in [2.24, 2.45) is 0 Å². The summed E-state index contributed by atoms with van der Waals surface area (Å²) in [7, 11) is 0. The molecule has 2 fully saturated rings. The van der Waals surface area contributed by atoms with Gasteiger partial charge in [0.05, 0.1) is 18.8 Å². The fourth-order valence-corrected chi connectivity index (χ4v) is 6.54. The lowest BCUT2D eigenvalue weighted by Gasteiger charge is -2.38. The summed E-state index contributed by atoms with van der Waals surface area (Å²) in [6.45, 7) is 7.53. The summed E-state index contributed by atoms with van der Waals surface area (Å²) in [6.07, 6.45) is 1.35. The number of carbonyl (C=O) groups is 2. The average molecular weight is 663 g/mol. The third-order valence-electron chi connectivity index (χ3n) is 9.03. The van der Waals surface area contributed by atoms with E-state index in [1.165, 1.54) is 0 Å². The van der Waals surface area contributed by atoms with E-state index in [-0.39, 0.29) is 36.7 Å². The van der Waals surface area contributed by atoms with Crippen LogP contribution in [-0.4, -0.2) is 52.7 Å². The first-order chi connectivity index (χ1) is 23.6. The molecule has 2 saturated heterocycles. The van der Waals surface area contributed by atoms with E-state index in [1.807, 2.05) is 87.5 Å². The van der Waals surface area contributed by atoms with E-state index in [2.05, 4.69) is 34.5 Å². The van der Waals surface area contributed by atoms with Crippen LogP contribution in [0.1, 0.15) is 85.0 Å². The van der Waals surface area contributed by atoms with Gasteiger partial charge in [-0.3, -0.25) is 14.5 Å². The van der Waals surface area contributed by atoms with E-state index >= 15 is 0 Å². The van der Waals surface area contributed by atoms with Crippen LogP contribution in [0, 0.1) is 0 Å². The maximum Gasteiger partial charge on any atom is 0.323 e. The van der Waals surface area contributed by atoms with Crippen molar-refractivity contribution in [1.82, 2.24) is 10.2 Å². The van der Waals surface area contributed by atoms with Crippen LogP contribution < -0.4 is 5.32 Å². The van der Waals surface area contributed by atoms with Crippen LogP contribution in [0.4, 0.5) is 0 Å². The minimum absolute atomic E-state index is 0.0151. The number of hydrogen-bond acceptors (Lipinski definition) is 7. The standard InChI is InChI=1S/C41H46N2O6/c1-41(2,3)49-39(46)36-13-8-22-43(36)26-35-24-37(31-16-14-28(27-44)15-17-31)48-40(47-35)33-20-18-30(19-21-33)34-12-7-9-29(23-34)25-42-38(45)32-10-5-4-6-11-32/h4-7,9-12,14-21,23,35-37,40,44H,8,13,22,24-27H2,1-3H3,(H,42,45)/t35-,36-,37+,40+/m0/s1. The van der Waals surface area contributed by atoms with E-state index in [1.54, 1.807) is 12.1 Å². The molecule has 1 amide bonds. The number of ether oxygens (including phenoxy) is 3. The summed E-state index contributed by atoms with van der Waals surface area (Å²) in [4.78, 5) is 27.8. The zero-order valence-corrected chi connectivity index (χ0v) is 28.5. The van der Waals surface area contributed by atoms with Crippen molar-refractivity contribution in [1.29, 1.82) is 0 Å². The molecular weight excluding hydrogens is 616 g/mol. The largest absolute Gasteiger partial charge is 0.459 e. The van der Waals surface area contributed by atoms with Crippen LogP contribution in [0.2, 0.25) is 0 Å². The summed E-state index contributed by atoms with van der Waals surface area (Å²) < 4.78 is 19.0. The predicted octanol–water partition coefficient (Wildman–Crippen LogP) is 7.13. The van der Waals surface area contributed by atoms with Crippen molar-refractivity contribution in [2.45, 2.75) is 83.3 Å². The van der Waals surface area contributed by atoms with E-state index in [0.717, 1.165) is 52.8 Å². The maximum atomic E-state index is 13.1. The topological polar surface area (TPSA) is 97.3 Å². The number of hydrogen-bond donors (Lipinski definition) is 2. The Balaban J connectivity index is 1.17. The first kappa shape index (κ1) is 34.5. The van der Waals surface area contributed by atoms with E-state index < -0.39 is 11.9 Å². The molecule has 2 aliphatic rings. The quantitative estimate of drug-likeness (QED) is 0.175. The summed E-state index contributed by atoms with van der Waals surface area (Å²) in [6, 6.07) is 33.2. The molecule has 2 N–H and O–H groups in total. The Morgan fingerprint density at radius 3 is 2.31 bits per heavy atom. The highest BCUT2D eigenvalue weighted by Gasteiger charge is 2.39. The summed E-state index contributed by atoms with van der Waals surface area (Å²) >= 11 is 0. The molecule has 0 unspecified atom stereocenters. The lowest BCUT2D eigenvalue weighted by Crippen LogP contribution is -2.45. The Labute approximate surface area is 289 Å². The molecule has 2 heterocycles. The third kappa shape index (κ3) is 9.02. The third-order valence-corrected chi connectivity index (χ3v) is 9.03. The molecule has 4 atom stereocenters. The van der Waals surface area contributed by atoms with E-state index in [0.29, 0.717) is 25.1 Å². The van der Waals surface area contributed by atoms with Crippen molar-refractivity contribution in [3.63, 3.8) is 0 Å². The van der Waals surface area contributed by atoms with Crippen LogP contribution in [-0.2, 0) is 32.2 Å². The van der Waals surface area contributed by atoms with Gasteiger partial charge < -0.3 is 24.6 Å². The summed E-state index contributed by atoms with van der Waals surface area (Å²) in [5.41, 5.74) is 5.97. The summed E-state index contributed by atoms with van der Waals surface area (Å²) in [5.74, 6) is -0.281. The molecular formula is C41H46N2O6. The van der Waals surface area contributed by atoms with Gasteiger partial charge >= 0.3 is 5.97 Å². The molecule has 0 saturated carbocycles. The highest BCUT2D eigenvalue weighted by Crippen LogP contribution is 2.39. The van der Waals surface area contributed by atoms with Crippen molar-refractivity contribution < 1.29 is 28.9 Å². The Bertz CT molecular complexity index is 1700. The minimum atomic E-state index is -0.600. The van der Waals surface area contributed by atoms with Gasteiger partial charge in [-0.2, -0.15) is 0 Å². The van der Waals surface area contributed by atoms with Gasteiger partial charge in [-0.1, -0.05) is 84.9 Å². The van der Waals surface area contributed by atoms with Gasteiger partial charge in [-0.15, -0.1) is 0 Å². The molecule has 0 aliphatic carbocycles. The normalized spacial score (nSPS) is 21.3. The number of aliphatic hydroxyl groups excluding tert-OH is 1. The number of likely N-dealkylation sites (tertiary alicyclic amines) is 1. The smallest absolute Gasteiger partial charge is 0.323 e. The molecule has 6 rings (SSSR count). The Morgan fingerprint density at radius 2 is 1.59 bits per heavy atom. The van der Waals surface area contributed by atoms with E-state index in [9.17, 15) is 14.7 Å². The molecule has 49 heavy (non-hydrogen) atoms. The predicted molar refractivity (Wildman–Crippen MR) is 188 cm³/mol. The van der Waals surface area contributed by atoms with Gasteiger partial charge in [0.2, 0.25) is 0 Å². The van der Waals surface area contributed by atoms with Gasteiger partial charge in [0.1, 0.15) is 11.6 Å². The molecule has 8 heteroatoms. The number of aliphatic hydroxyl groups is 1. The Morgan fingerprint density at radius 1 is 0.857 bits per heavy atom. The molecule has 4 aromatic rings. The zero-order valence-electron chi connectivity index (χ0n) is 28.5. The number of esters is 1. The van der Waals surface area contributed by atoms with Crippen LogP contribution >= 0.6 is 0 Å².